The number of esters is 1. The molecule has 3 aromatic rings. The number of halogens is 3. The van der Waals surface area contributed by atoms with Crippen molar-refractivity contribution in [3.05, 3.63) is 58.9 Å². The number of aromatic nitrogens is 2. The minimum Gasteiger partial charge on any atom is -0.469 e. The number of methoxy groups -OCH3 is 1. The van der Waals surface area contributed by atoms with Crippen LogP contribution in [-0.4, -0.2) is 29.0 Å². The van der Waals surface area contributed by atoms with Gasteiger partial charge in [0.15, 0.2) is 0 Å². The maximum atomic E-state index is 12.6. The number of nitrogens with zero attached hydrogens (tertiary/aromatic N) is 2. The van der Waals surface area contributed by atoms with E-state index in [1.165, 1.54) is 25.7 Å². The molecule has 0 N–H and O–H groups in total. The molecule has 0 aliphatic heterocycles. The van der Waals surface area contributed by atoms with Crippen LogP contribution in [-0.2, 0) is 22.4 Å². The molecule has 37 heavy (non-hydrogen) atoms. The van der Waals surface area contributed by atoms with Crippen LogP contribution in [0.5, 0.6) is 5.75 Å². The zero-order valence-electron chi connectivity index (χ0n) is 22.1. The van der Waals surface area contributed by atoms with Crippen molar-refractivity contribution >= 4 is 17.0 Å². The van der Waals surface area contributed by atoms with Gasteiger partial charge >= 0.3 is 12.3 Å². The summed E-state index contributed by atoms with van der Waals surface area (Å²) in [4.78, 5) is 16.7. The number of alkyl halides is 3. The molecule has 0 bridgehead atoms. The zero-order valence-corrected chi connectivity index (χ0v) is 22.1. The zero-order chi connectivity index (χ0) is 27.0. The third-order valence-corrected chi connectivity index (χ3v) is 7.29. The van der Waals surface area contributed by atoms with E-state index in [-0.39, 0.29) is 23.2 Å². The van der Waals surface area contributed by atoms with E-state index in [2.05, 4.69) is 49.1 Å². The van der Waals surface area contributed by atoms with E-state index in [9.17, 15) is 18.0 Å². The summed E-state index contributed by atoms with van der Waals surface area (Å²) in [6.45, 7) is 8.96. The third kappa shape index (κ3) is 6.65. The molecule has 1 aliphatic carbocycles. The second-order valence-corrected chi connectivity index (χ2v) is 11.2. The highest BCUT2D eigenvalue weighted by Gasteiger charge is 2.35. The van der Waals surface area contributed by atoms with Crippen molar-refractivity contribution in [1.82, 2.24) is 9.55 Å². The molecule has 200 valence electrons. The lowest BCUT2D eigenvalue weighted by Crippen LogP contribution is -2.30. The lowest BCUT2D eigenvalue weighted by molar-refractivity contribution is -0.274. The van der Waals surface area contributed by atoms with Gasteiger partial charge in [-0.3, -0.25) is 4.79 Å². The van der Waals surface area contributed by atoms with Gasteiger partial charge in [-0.2, -0.15) is 0 Å². The molecule has 1 fully saturated rings. The van der Waals surface area contributed by atoms with E-state index < -0.39 is 6.36 Å². The second kappa shape index (κ2) is 10.4. The first-order valence-electron chi connectivity index (χ1n) is 12.8. The third-order valence-electron chi connectivity index (χ3n) is 7.29. The summed E-state index contributed by atoms with van der Waals surface area (Å²) in [5.74, 6) is 0.970. The smallest absolute Gasteiger partial charge is 0.469 e. The Labute approximate surface area is 216 Å². The van der Waals surface area contributed by atoms with Gasteiger partial charge in [0.1, 0.15) is 11.6 Å². The summed E-state index contributed by atoms with van der Waals surface area (Å²) in [5, 5.41) is 0. The molecule has 1 aromatic heterocycles. The molecule has 8 heteroatoms. The number of hydrogen-bond acceptors (Lipinski definition) is 4. The Morgan fingerprint density at radius 1 is 1.16 bits per heavy atom. The van der Waals surface area contributed by atoms with Crippen molar-refractivity contribution in [3.63, 3.8) is 0 Å². The fraction of sp³-hybridized carbons (Fsp3) is 0.517. The van der Waals surface area contributed by atoms with Crippen LogP contribution >= 0.6 is 0 Å². The van der Waals surface area contributed by atoms with Crippen LogP contribution < -0.4 is 4.74 Å². The predicted octanol–water partition coefficient (Wildman–Crippen LogP) is 7.33. The standard InChI is InChI=1S/C29H35F3N2O3/c1-18-12-22(17-28(3,4)16-18)34-25-13-19(2)21(8-11-27(35)36-5)15-24(25)33-26(34)14-20-6-9-23(10-7-20)37-29(30,31)32/h6-7,9-10,13,15,18,22H,8,11-12,14,16-17H2,1-5H3/t18-,22+/m0/s1. The Balaban J connectivity index is 1.73. The van der Waals surface area contributed by atoms with Crippen LogP contribution in [0.15, 0.2) is 36.4 Å². The van der Waals surface area contributed by atoms with Crippen molar-refractivity contribution in [2.45, 2.75) is 78.6 Å². The number of carbonyl (C=O) groups excluding carboxylic acids is 1. The minimum atomic E-state index is -4.72. The van der Waals surface area contributed by atoms with E-state index in [1.54, 1.807) is 12.1 Å². The number of benzene rings is 2. The lowest BCUT2D eigenvalue weighted by atomic mass is 9.70. The number of rotatable bonds is 7. The Morgan fingerprint density at radius 2 is 1.86 bits per heavy atom. The average molecular weight is 517 g/mol. The molecule has 0 saturated heterocycles. The monoisotopic (exact) mass is 516 g/mol. The molecule has 1 heterocycles. The predicted molar refractivity (Wildman–Crippen MR) is 137 cm³/mol. The maximum Gasteiger partial charge on any atom is 0.573 e. The van der Waals surface area contributed by atoms with Crippen molar-refractivity contribution in [2.24, 2.45) is 11.3 Å². The Bertz CT molecular complexity index is 1260. The van der Waals surface area contributed by atoms with Gasteiger partial charge in [-0.25, -0.2) is 4.98 Å². The Kier molecular flexibility index (Phi) is 7.58. The highest BCUT2D eigenvalue weighted by molar-refractivity contribution is 5.79. The molecule has 0 unspecified atom stereocenters. The molecule has 2 aromatic carbocycles. The van der Waals surface area contributed by atoms with Gasteiger partial charge in [0.25, 0.3) is 0 Å². The van der Waals surface area contributed by atoms with Gasteiger partial charge in [0.05, 0.1) is 18.1 Å². The Hall–Kier alpha value is -3.03. The first kappa shape index (κ1) is 27.0. The first-order chi connectivity index (χ1) is 17.3. The number of hydrogen-bond donors (Lipinski definition) is 0. The SMILES string of the molecule is COC(=O)CCc1cc2nc(Cc3ccc(OC(F)(F)F)cc3)n([C@@H]3C[C@H](C)CC(C)(C)C3)c2cc1C. The van der Waals surface area contributed by atoms with E-state index >= 15 is 0 Å². The van der Waals surface area contributed by atoms with E-state index in [1.807, 2.05) is 0 Å². The van der Waals surface area contributed by atoms with Crippen molar-refractivity contribution in [2.75, 3.05) is 7.11 Å². The molecule has 0 spiro atoms. The summed E-state index contributed by atoms with van der Waals surface area (Å²) < 4.78 is 48.9. The minimum absolute atomic E-state index is 0.197. The van der Waals surface area contributed by atoms with Crippen LogP contribution in [0.25, 0.3) is 11.0 Å². The molecule has 1 saturated carbocycles. The molecule has 2 atom stereocenters. The maximum absolute atomic E-state index is 12.6. The summed E-state index contributed by atoms with van der Waals surface area (Å²) >= 11 is 0. The number of carbonyl (C=O) groups is 1. The van der Waals surface area contributed by atoms with Gasteiger partial charge in [0, 0.05) is 18.9 Å². The van der Waals surface area contributed by atoms with Gasteiger partial charge in [-0.15, -0.1) is 13.2 Å². The van der Waals surface area contributed by atoms with Crippen LogP contribution in [0.4, 0.5) is 13.2 Å². The number of imidazole rings is 1. The van der Waals surface area contributed by atoms with Gasteiger partial charge < -0.3 is 14.0 Å². The normalized spacial score (nSPS) is 19.7. The van der Waals surface area contributed by atoms with Crippen molar-refractivity contribution in [3.8, 4) is 5.75 Å². The molecule has 0 amide bonds. The van der Waals surface area contributed by atoms with Crippen molar-refractivity contribution in [1.29, 1.82) is 0 Å². The van der Waals surface area contributed by atoms with Crippen LogP contribution in [0.3, 0.4) is 0 Å². The van der Waals surface area contributed by atoms with Gasteiger partial charge in [-0.1, -0.05) is 32.9 Å². The molecule has 5 nitrogen and oxygen atoms in total. The largest absolute Gasteiger partial charge is 0.573 e. The summed E-state index contributed by atoms with van der Waals surface area (Å²) in [6.07, 6.45) is -0.113. The Morgan fingerprint density at radius 3 is 2.49 bits per heavy atom. The van der Waals surface area contributed by atoms with E-state index in [0.29, 0.717) is 25.2 Å². The van der Waals surface area contributed by atoms with E-state index in [0.717, 1.165) is 46.4 Å². The molecular formula is C29H35F3N2O3. The average Bonchev–Trinajstić information content (AvgIpc) is 3.12. The summed E-state index contributed by atoms with van der Waals surface area (Å²) in [7, 11) is 1.39. The highest BCUT2D eigenvalue weighted by Crippen LogP contribution is 2.45. The topological polar surface area (TPSA) is 53.4 Å². The highest BCUT2D eigenvalue weighted by atomic mass is 19.4. The summed E-state index contributed by atoms with van der Waals surface area (Å²) in [5.41, 5.74) is 5.13. The lowest BCUT2D eigenvalue weighted by Gasteiger charge is -2.40. The molecule has 1 aliphatic rings. The van der Waals surface area contributed by atoms with Crippen LogP contribution in [0.1, 0.15) is 75.0 Å². The van der Waals surface area contributed by atoms with Crippen LogP contribution in [0.2, 0.25) is 0 Å². The van der Waals surface area contributed by atoms with Gasteiger partial charge in [0.2, 0.25) is 0 Å². The molecule has 0 radical (unpaired) electrons. The fourth-order valence-electron chi connectivity index (χ4n) is 5.96. The first-order valence-corrected chi connectivity index (χ1v) is 12.8. The number of aryl methyl sites for hydroxylation is 2. The van der Waals surface area contributed by atoms with Crippen molar-refractivity contribution < 1.29 is 27.4 Å². The number of fused-ring (bicyclic) bond motifs is 1. The quantitative estimate of drug-likeness (QED) is 0.309. The van der Waals surface area contributed by atoms with Gasteiger partial charge in [-0.05, 0) is 84.9 Å². The number of ether oxygens (including phenoxy) is 2. The molecular weight excluding hydrogens is 481 g/mol. The second-order valence-electron chi connectivity index (χ2n) is 11.2. The molecule has 4 rings (SSSR count). The van der Waals surface area contributed by atoms with Crippen LogP contribution in [0, 0.1) is 18.3 Å². The summed E-state index contributed by atoms with van der Waals surface area (Å²) in [6, 6.07) is 10.5. The fourth-order valence-corrected chi connectivity index (χ4v) is 5.96. The van der Waals surface area contributed by atoms with E-state index in [4.69, 9.17) is 9.72 Å².